The van der Waals surface area contributed by atoms with Gasteiger partial charge in [-0.15, -0.1) is 0 Å². The van der Waals surface area contributed by atoms with Gasteiger partial charge in [-0.25, -0.2) is 0 Å². The van der Waals surface area contributed by atoms with Crippen molar-refractivity contribution in [2.24, 2.45) is 0 Å². The minimum Gasteiger partial charge on any atom is -0.487 e. The van der Waals surface area contributed by atoms with Gasteiger partial charge in [0.15, 0.2) is 0 Å². The summed E-state index contributed by atoms with van der Waals surface area (Å²) in [6.45, 7) is 1.29. The molecule has 0 aliphatic carbocycles. The van der Waals surface area contributed by atoms with E-state index in [2.05, 4.69) is 4.98 Å². The Morgan fingerprint density at radius 2 is 2.04 bits per heavy atom. The van der Waals surface area contributed by atoms with Gasteiger partial charge < -0.3 is 14.7 Å². The molecule has 2 aromatic rings. The SMILES string of the molecule is O=C(c1ccc(OCc2ccccn2)cc1)N1CCCCC1CCO. The third-order valence-corrected chi connectivity index (χ3v) is 4.56. The van der Waals surface area contributed by atoms with Crippen LogP contribution in [0.1, 0.15) is 41.7 Å². The Balaban J connectivity index is 1.61. The number of ether oxygens (including phenoxy) is 1. The summed E-state index contributed by atoms with van der Waals surface area (Å²) < 4.78 is 5.71. The number of benzene rings is 1. The number of rotatable bonds is 6. The number of carbonyl (C=O) groups excluding carboxylic acids is 1. The lowest BCUT2D eigenvalue weighted by Crippen LogP contribution is -2.44. The van der Waals surface area contributed by atoms with E-state index in [1.165, 1.54) is 0 Å². The van der Waals surface area contributed by atoms with Gasteiger partial charge in [-0.3, -0.25) is 9.78 Å². The lowest BCUT2D eigenvalue weighted by Gasteiger charge is -2.35. The number of aliphatic hydroxyl groups excluding tert-OH is 1. The van der Waals surface area contributed by atoms with E-state index in [0.29, 0.717) is 24.3 Å². The zero-order chi connectivity index (χ0) is 17.5. The zero-order valence-corrected chi connectivity index (χ0v) is 14.3. The van der Waals surface area contributed by atoms with Crippen molar-refractivity contribution in [3.8, 4) is 5.75 Å². The fourth-order valence-electron chi connectivity index (χ4n) is 3.22. The average Bonchev–Trinajstić information content (AvgIpc) is 2.68. The predicted octanol–water partition coefficient (Wildman–Crippen LogP) is 3.04. The van der Waals surface area contributed by atoms with E-state index in [1.54, 1.807) is 18.3 Å². The number of piperidine rings is 1. The number of pyridine rings is 1. The summed E-state index contributed by atoms with van der Waals surface area (Å²) in [5.74, 6) is 0.752. The molecule has 1 saturated heterocycles. The van der Waals surface area contributed by atoms with E-state index in [1.807, 2.05) is 35.2 Å². The quantitative estimate of drug-likeness (QED) is 0.878. The Bertz CT molecular complexity index is 671. The lowest BCUT2D eigenvalue weighted by atomic mass is 9.98. The highest BCUT2D eigenvalue weighted by Gasteiger charge is 2.26. The standard InChI is InChI=1S/C20H24N2O3/c23-14-11-18-6-2-4-13-22(18)20(24)16-7-9-19(10-8-16)25-15-17-5-1-3-12-21-17/h1,3,5,7-10,12,18,23H,2,4,6,11,13-15H2. The highest BCUT2D eigenvalue weighted by atomic mass is 16.5. The molecule has 1 N–H and O–H groups in total. The molecule has 1 fully saturated rings. The second-order valence-electron chi connectivity index (χ2n) is 6.29. The number of amides is 1. The highest BCUT2D eigenvalue weighted by Crippen LogP contribution is 2.23. The van der Waals surface area contributed by atoms with Crippen molar-refractivity contribution in [1.29, 1.82) is 0 Å². The van der Waals surface area contributed by atoms with Crippen molar-refractivity contribution in [2.75, 3.05) is 13.2 Å². The molecule has 1 unspecified atom stereocenters. The number of carbonyl (C=O) groups is 1. The number of nitrogens with zero attached hydrogens (tertiary/aromatic N) is 2. The molecule has 1 amide bonds. The summed E-state index contributed by atoms with van der Waals surface area (Å²) in [6.07, 6.45) is 5.50. The van der Waals surface area contributed by atoms with Crippen molar-refractivity contribution in [3.63, 3.8) is 0 Å². The maximum Gasteiger partial charge on any atom is 0.254 e. The van der Waals surface area contributed by atoms with Crippen LogP contribution >= 0.6 is 0 Å². The number of aliphatic hydroxyl groups is 1. The third kappa shape index (κ3) is 4.57. The van der Waals surface area contributed by atoms with Gasteiger partial charge in [0.2, 0.25) is 0 Å². The Labute approximate surface area is 148 Å². The molecule has 1 aromatic heterocycles. The van der Waals surface area contributed by atoms with Gasteiger partial charge in [-0.05, 0) is 62.1 Å². The molecule has 2 heterocycles. The Hall–Kier alpha value is -2.40. The molecular formula is C20H24N2O3. The average molecular weight is 340 g/mol. The van der Waals surface area contributed by atoms with Gasteiger partial charge in [-0.1, -0.05) is 6.07 Å². The van der Waals surface area contributed by atoms with Crippen molar-refractivity contribution < 1.29 is 14.6 Å². The molecular weight excluding hydrogens is 316 g/mol. The molecule has 0 spiro atoms. The van der Waals surface area contributed by atoms with E-state index in [0.717, 1.165) is 31.5 Å². The number of hydrogen-bond donors (Lipinski definition) is 1. The van der Waals surface area contributed by atoms with Crippen molar-refractivity contribution in [1.82, 2.24) is 9.88 Å². The van der Waals surface area contributed by atoms with Crippen LogP contribution in [0.15, 0.2) is 48.7 Å². The first-order chi connectivity index (χ1) is 12.3. The molecule has 3 rings (SSSR count). The van der Waals surface area contributed by atoms with Crippen molar-refractivity contribution in [3.05, 3.63) is 59.9 Å². The van der Waals surface area contributed by atoms with Crippen LogP contribution < -0.4 is 4.74 Å². The molecule has 1 aliphatic rings. The maximum absolute atomic E-state index is 12.8. The van der Waals surface area contributed by atoms with Crippen LogP contribution in [-0.4, -0.2) is 40.1 Å². The first-order valence-corrected chi connectivity index (χ1v) is 8.82. The summed E-state index contributed by atoms with van der Waals surface area (Å²) in [5, 5.41) is 9.22. The second kappa shape index (κ2) is 8.62. The Morgan fingerprint density at radius 3 is 2.76 bits per heavy atom. The fraction of sp³-hybridized carbons (Fsp3) is 0.400. The summed E-state index contributed by atoms with van der Waals surface area (Å²) in [6, 6.07) is 13.1. The molecule has 5 nitrogen and oxygen atoms in total. The van der Waals surface area contributed by atoms with Crippen molar-refractivity contribution >= 4 is 5.91 Å². The molecule has 1 aromatic carbocycles. The zero-order valence-electron chi connectivity index (χ0n) is 14.3. The van der Waals surface area contributed by atoms with E-state index >= 15 is 0 Å². The molecule has 0 saturated carbocycles. The van der Waals surface area contributed by atoms with Crippen LogP contribution in [0.3, 0.4) is 0 Å². The van der Waals surface area contributed by atoms with Gasteiger partial charge >= 0.3 is 0 Å². The molecule has 25 heavy (non-hydrogen) atoms. The highest BCUT2D eigenvalue weighted by molar-refractivity contribution is 5.94. The Morgan fingerprint density at radius 1 is 1.20 bits per heavy atom. The van der Waals surface area contributed by atoms with Crippen LogP contribution in [0.4, 0.5) is 0 Å². The molecule has 1 atom stereocenters. The van der Waals surface area contributed by atoms with E-state index < -0.39 is 0 Å². The minimum absolute atomic E-state index is 0.0365. The van der Waals surface area contributed by atoms with E-state index in [4.69, 9.17) is 4.74 Å². The third-order valence-electron chi connectivity index (χ3n) is 4.56. The first-order valence-electron chi connectivity index (χ1n) is 8.82. The first kappa shape index (κ1) is 17.4. The normalized spacial score (nSPS) is 17.3. The largest absolute Gasteiger partial charge is 0.487 e. The van der Waals surface area contributed by atoms with E-state index in [9.17, 15) is 9.90 Å². The fourth-order valence-corrected chi connectivity index (χ4v) is 3.22. The van der Waals surface area contributed by atoms with Crippen LogP contribution in [0.2, 0.25) is 0 Å². The minimum atomic E-state index is 0.0365. The summed E-state index contributed by atoms with van der Waals surface area (Å²) >= 11 is 0. The van der Waals surface area contributed by atoms with Crippen LogP contribution in [-0.2, 0) is 6.61 Å². The second-order valence-corrected chi connectivity index (χ2v) is 6.29. The smallest absolute Gasteiger partial charge is 0.254 e. The van der Waals surface area contributed by atoms with Gasteiger partial charge in [0, 0.05) is 31.0 Å². The molecule has 0 radical (unpaired) electrons. The van der Waals surface area contributed by atoms with Crippen LogP contribution in [0.5, 0.6) is 5.75 Å². The molecule has 132 valence electrons. The van der Waals surface area contributed by atoms with Gasteiger partial charge in [0.05, 0.1) is 5.69 Å². The number of hydrogen-bond acceptors (Lipinski definition) is 4. The van der Waals surface area contributed by atoms with Crippen LogP contribution in [0.25, 0.3) is 0 Å². The summed E-state index contributed by atoms with van der Waals surface area (Å²) in [5.41, 5.74) is 1.53. The lowest BCUT2D eigenvalue weighted by molar-refractivity contribution is 0.0574. The molecule has 1 aliphatic heterocycles. The number of aromatic nitrogens is 1. The van der Waals surface area contributed by atoms with E-state index in [-0.39, 0.29) is 18.6 Å². The maximum atomic E-state index is 12.8. The molecule has 0 bridgehead atoms. The topological polar surface area (TPSA) is 62.7 Å². The predicted molar refractivity (Wildman–Crippen MR) is 95.4 cm³/mol. The summed E-state index contributed by atoms with van der Waals surface area (Å²) in [4.78, 5) is 18.9. The van der Waals surface area contributed by atoms with Crippen LogP contribution in [0, 0.1) is 0 Å². The van der Waals surface area contributed by atoms with Gasteiger partial charge in [-0.2, -0.15) is 0 Å². The molecule has 5 heteroatoms. The summed E-state index contributed by atoms with van der Waals surface area (Å²) in [7, 11) is 0. The number of likely N-dealkylation sites (tertiary alicyclic amines) is 1. The Kier molecular flexibility index (Phi) is 6.01. The van der Waals surface area contributed by atoms with Gasteiger partial charge in [0.25, 0.3) is 5.91 Å². The van der Waals surface area contributed by atoms with Gasteiger partial charge in [0.1, 0.15) is 12.4 Å². The monoisotopic (exact) mass is 340 g/mol. The van der Waals surface area contributed by atoms with Crippen molar-refractivity contribution in [2.45, 2.75) is 38.3 Å².